The second-order valence-corrected chi connectivity index (χ2v) is 6.47. The van der Waals surface area contributed by atoms with Crippen molar-refractivity contribution in [2.24, 2.45) is 10.9 Å². The first-order chi connectivity index (χ1) is 11.5. The molecule has 2 unspecified atom stereocenters. The zero-order valence-electron chi connectivity index (χ0n) is 16.1. The lowest BCUT2D eigenvalue weighted by molar-refractivity contribution is -0.127. The van der Waals surface area contributed by atoms with Crippen molar-refractivity contribution in [3.05, 3.63) is 12.7 Å². The molecule has 1 aliphatic rings. The maximum atomic E-state index is 11.8. The SMILES string of the molecule is C=CCNC(=NCC(=O)N(C)C)NC1CCOC(C(CC)CC)C1.I. The highest BCUT2D eigenvalue weighted by Gasteiger charge is 2.28. The maximum absolute atomic E-state index is 11.8. The molecule has 1 heterocycles. The Hall–Kier alpha value is -0.830. The van der Waals surface area contributed by atoms with Crippen LogP contribution in [0.25, 0.3) is 0 Å². The number of nitrogens with one attached hydrogen (secondary N) is 2. The van der Waals surface area contributed by atoms with Crippen LogP contribution in [0.2, 0.25) is 0 Å². The Balaban J connectivity index is 0.00000576. The summed E-state index contributed by atoms with van der Waals surface area (Å²) >= 11 is 0. The van der Waals surface area contributed by atoms with Gasteiger partial charge in [0.05, 0.1) is 6.10 Å². The minimum atomic E-state index is -0.0170. The first kappa shape index (κ1) is 24.2. The summed E-state index contributed by atoms with van der Waals surface area (Å²) in [5.41, 5.74) is 0. The molecule has 6 nitrogen and oxygen atoms in total. The molecule has 0 aromatic carbocycles. The molecule has 0 spiro atoms. The fourth-order valence-electron chi connectivity index (χ4n) is 2.90. The Kier molecular flexibility index (Phi) is 12.9. The normalized spacial score (nSPS) is 20.6. The monoisotopic (exact) mass is 466 g/mol. The Bertz CT molecular complexity index is 425. The topological polar surface area (TPSA) is 66.0 Å². The second-order valence-electron chi connectivity index (χ2n) is 6.47. The number of carbonyl (C=O) groups is 1. The number of halogens is 1. The summed E-state index contributed by atoms with van der Waals surface area (Å²) in [6.45, 7) is 9.68. The van der Waals surface area contributed by atoms with E-state index in [1.807, 2.05) is 0 Å². The van der Waals surface area contributed by atoms with Gasteiger partial charge in [0, 0.05) is 33.3 Å². The number of hydrogen-bond acceptors (Lipinski definition) is 3. The average molecular weight is 466 g/mol. The lowest BCUT2D eigenvalue weighted by atomic mass is 9.89. The summed E-state index contributed by atoms with van der Waals surface area (Å²) in [5.74, 6) is 1.25. The quantitative estimate of drug-likeness (QED) is 0.250. The summed E-state index contributed by atoms with van der Waals surface area (Å²) in [4.78, 5) is 17.7. The van der Waals surface area contributed by atoms with Gasteiger partial charge in [0.2, 0.25) is 5.91 Å². The third-order valence-corrected chi connectivity index (χ3v) is 4.52. The van der Waals surface area contributed by atoms with E-state index in [-0.39, 0.29) is 36.4 Å². The van der Waals surface area contributed by atoms with Crippen molar-refractivity contribution >= 4 is 35.8 Å². The van der Waals surface area contributed by atoms with Crippen molar-refractivity contribution in [2.45, 2.75) is 51.7 Å². The van der Waals surface area contributed by atoms with Crippen molar-refractivity contribution in [1.82, 2.24) is 15.5 Å². The largest absolute Gasteiger partial charge is 0.378 e. The van der Waals surface area contributed by atoms with E-state index < -0.39 is 0 Å². The number of rotatable bonds is 8. The summed E-state index contributed by atoms with van der Waals surface area (Å²) in [7, 11) is 3.47. The van der Waals surface area contributed by atoms with E-state index in [2.05, 4.69) is 36.1 Å². The Morgan fingerprint density at radius 2 is 2.08 bits per heavy atom. The molecule has 0 bridgehead atoms. The zero-order chi connectivity index (χ0) is 17.9. The zero-order valence-corrected chi connectivity index (χ0v) is 18.4. The number of carbonyl (C=O) groups excluding carboxylic acids is 1. The molecule has 25 heavy (non-hydrogen) atoms. The fourth-order valence-corrected chi connectivity index (χ4v) is 2.90. The number of likely N-dealkylation sites (N-methyl/N-ethyl adjacent to an activating group) is 1. The summed E-state index contributed by atoms with van der Waals surface area (Å²) in [6, 6.07) is 0.315. The van der Waals surface area contributed by atoms with Crippen LogP contribution in [0.3, 0.4) is 0 Å². The molecule has 0 radical (unpaired) electrons. The molecule has 1 aliphatic heterocycles. The third-order valence-electron chi connectivity index (χ3n) is 4.52. The molecule has 1 fully saturated rings. The van der Waals surface area contributed by atoms with Crippen LogP contribution in [0.1, 0.15) is 39.5 Å². The smallest absolute Gasteiger partial charge is 0.243 e. The van der Waals surface area contributed by atoms with Gasteiger partial charge in [0.15, 0.2) is 5.96 Å². The lowest BCUT2D eigenvalue weighted by Crippen LogP contribution is -2.48. The standard InChI is InChI=1S/C18H34N4O2.HI/c1-6-10-19-18(20-13-17(23)22(4)5)21-15-9-11-24-16(12-15)14(7-2)8-3;/h6,14-16H,1,7-13H2,2-5H3,(H2,19,20,21);1H. The predicted octanol–water partition coefficient (Wildman–Crippen LogP) is 2.40. The first-order valence-corrected chi connectivity index (χ1v) is 8.99. The van der Waals surface area contributed by atoms with Crippen LogP contribution in [-0.4, -0.2) is 62.7 Å². The van der Waals surface area contributed by atoms with Gasteiger partial charge in [-0.15, -0.1) is 30.6 Å². The van der Waals surface area contributed by atoms with Gasteiger partial charge in [-0.25, -0.2) is 4.99 Å². The second kappa shape index (κ2) is 13.4. The van der Waals surface area contributed by atoms with Crippen LogP contribution in [0.5, 0.6) is 0 Å². The van der Waals surface area contributed by atoms with Gasteiger partial charge in [-0.2, -0.15) is 0 Å². The molecule has 146 valence electrons. The van der Waals surface area contributed by atoms with E-state index in [4.69, 9.17) is 4.74 Å². The Morgan fingerprint density at radius 3 is 2.64 bits per heavy atom. The number of hydrogen-bond donors (Lipinski definition) is 2. The Morgan fingerprint density at radius 1 is 1.40 bits per heavy atom. The molecule has 1 rings (SSSR count). The highest BCUT2D eigenvalue weighted by atomic mass is 127. The molecule has 0 saturated carbocycles. The average Bonchev–Trinajstić information content (AvgIpc) is 2.58. The van der Waals surface area contributed by atoms with Crippen LogP contribution in [0.4, 0.5) is 0 Å². The van der Waals surface area contributed by atoms with Gasteiger partial charge in [-0.3, -0.25) is 4.79 Å². The van der Waals surface area contributed by atoms with E-state index in [0.717, 1.165) is 32.3 Å². The molecule has 0 aromatic rings. The van der Waals surface area contributed by atoms with E-state index in [1.165, 1.54) is 0 Å². The number of amides is 1. The highest BCUT2D eigenvalue weighted by Crippen LogP contribution is 2.25. The van der Waals surface area contributed by atoms with E-state index in [1.54, 1.807) is 25.1 Å². The van der Waals surface area contributed by atoms with Gasteiger partial charge in [0.25, 0.3) is 0 Å². The number of guanidine groups is 1. The van der Waals surface area contributed by atoms with Crippen LogP contribution >= 0.6 is 24.0 Å². The first-order valence-electron chi connectivity index (χ1n) is 8.99. The number of ether oxygens (including phenoxy) is 1. The van der Waals surface area contributed by atoms with E-state index in [0.29, 0.717) is 30.6 Å². The summed E-state index contributed by atoms with van der Waals surface area (Å²) in [5, 5.41) is 6.65. The highest BCUT2D eigenvalue weighted by molar-refractivity contribution is 14.0. The van der Waals surface area contributed by atoms with Gasteiger partial charge in [-0.05, 0) is 18.8 Å². The third kappa shape index (κ3) is 8.89. The molecular formula is C18H35IN4O2. The molecule has 2 N–H and O–H groups in total. The van der Waals surface area contributed by atoms with E-state index >= 15 is 0 Å². The molecule has 1 amide bonds. The summed E-state index contributed by atoms with van der Waals surface area (Å²) < 4.78 is 5.97. The van der Waals surface area contributed by atoms with Crippen LogP contribution < -0.4 is 10.6 Å². The molecular weight excluding hydrogens is 431 g/mol. The van der Waals surface area contributed by atoms with Crippen molar-refractivity contribution in [1.29, 1.82) is 0 Å². The van der Waals surface area contributed by atoms with Gasteiger partial charge in [-0.1, -0.05) is 32.8 Å². The number of aliphatic imine (C=N–C) groups is 1. The van der Waals surface area contributed by atoms with Crippen LogP contribution in [-0.2, 0) is 9.53 Å². The van der Waals surface area contributed by atoms with Crippen LogP contribution in [0.15, 0.2) is 17.6 Å². The van der Waals surface area contributed by atoms with Crippen LogP contribution in [0, 0.1) is 5.92 Å². The summed E-state index contributed by atoms with van der Waals surface area (Å²) in [6.07, 6.45) is 6.29. The van der Waals surface area contributed by atoms with Crippen molar-refractivity contribution in [2.75, 3.05) is 33.8 Å². The predicted molar refractivity (Wildman–Crippen MR) is 115 cm³/mol. The van der Waals surface area contributed by atoms with Gasteiger partial charge in [0.1, 0.15) is 6.54 Å². The van der Waals surface area contributed by atoms with Gasteiger partial charge < -0.3 is 20.3 Å². The number of nitrogens with zero attached hydrogens (tertiary/aromatic N) is 2. The Labute approximate surface area is 169 Å². The molecule has 0 aliphatic carbocycles. The minimum Gasteiger partial charge on any atom is -0.378 e. The fraction of sp³-hybridized carbons (Fsp3) is 0.778. The van der Waals surface area contributed by atoms with Gasteiger partial charge >= 0.3 is 0 Å². The molecule has 7 heteroatoms. The minimum absolute atomic E-state index is 0. The van der Waals surface area contributed by atoms with Crippen molar-refractivity contribution < 1.29 is 9.53 Å². The lowest BCUT2D eigenvalue weighted by Gasteiger charge is -2.35. The molecule has 2 atom stereocenters. The molecule has 1 saturated heterocycles. The maximum Gasteiger partial charge on any atom is 0.243 e. The molecule has 0 aromatic heterocycles. The van der Waals surface area contributed by atoms with E-state index in [9.17, 15) is 4.79 Å². The van der Waals surface area contributed by atoms with Crippen molar-refractivity contribution in [3.8, 4) is 0 Å². The van der Waals surface area contributed by atoms with Crippen molar-refractivity contribution in [3.63, 3.8) is 0 Å².